The van der Waals surface area contributed by atoms with Crippen molar-refractivity contribution in [1.29, 1.82) is 0 Å². The number of rotatable bonds is 0. The molecule has 0 aromatic heterocycles. The molecule has 0 aromatic carbocycles. The van der Waals surface area contributed by atoms with Crippen molar-refractivity contribution >= 4 is 0 Å². The third kappa shape index (κ3) is 2560. The Balaban J connectivity index is 6.05. The minimum absolute atomic E-state index is 6.18. The Bertz CT molecular complexity index is 155. The van der Waals surface area contributed by atoms with Gasteiger partial charge in [-0.2, -0.15) is 0 Å². The van der Waals surface area contributed by atoms with Crippen molar-refractivity contribution in [1.82, 2.24) is 0 Å². The molecule has 0 bridgehead atoms. The van der Waals surface area contributed by atoms with Gasteiger partial charge < -0.3 is 0 Å². The quantitative estimate of drug-likeness (QED) is 0.474. The van der Waals surface area contributed by atoms with Crippen LogP contribution in [0.2, 0.25) is 0 Å². The van der Waals surface area contributed by atoms with Crippen LogP contribution in [-0.2, 0) is 31.5 Å². The van der Waals surface area contributed by atoms with E-state index in [-0.39, 0.29) is 0 Å². The van der Waals surface area contributed by atoms with Crippen LogP contribution >= 0.6 is 0 Å². The summed E-state index contributed by atoms with van der Waals surface area (Å²) in [5.74, 6) is 0. The Morgan fingerprint density at radius 2 is 0.800 bits per heavy atom. The van der Waals surface area contributed by atoms with Gasteiger partial charge in [0.25, 0.3) is 0 Å². The summed E-state index contributed by atoms with van der Waals surface area (Å²) in [6, 6.07) is 0. The van der Waals surface area contributed by atoms with Crippen LogP contribution < -0.4 is 0 Å². The molecule has 28 valence electrons. The first-order valence-electron chi connectivity index (χ1n) is 0.816. The standard InChI is InChI=1S/4O.Zr. The van der Waals surface area contributed by atoms with Crippen molar-refractivity contribution in [2.24, 2.45) is 0 Å². The van der Waals surface area contributed by atoms with E-state index < -0.39 is 20.3 Å². The fourth-order valence-electron chi connectivity index (χ4n) is 0. The van der Waals surface area contributed by atoms with Gasteiger partial charge in [0.1, 0.15) is 0 Å². The van der Waals surface area contributed by atoms with E-state index in [1.165, 1.54) is 0 Å². The normalized spacial score (nSPS) is 4.80. The second-order valence-electron chi connectivity index (χ2n) is 0.500. The van der Waals surface area contributed by atoms with Gasteiger partial charge >= 0.3 is 31.5 Å². The van der Waals surface area contributed by atoms with Gasteiger partial charge in [-0.3, -0.25) is 0 Å². The first kappa shape index (κ1) is 5.08. The van der Waals surface area contributed by atoms with Crippen molar-refractivity contribution in [2.45, 2.75) is 0 Å². The summed E-state index contributed by atoms with van der Waals surface area (Å²) in [4.78, 5) is 0. The predicted octanol–water partition coefficient (Wildman–Crippen LogP) is -0.478. The molecule has 0 saturated heterocycles. The molecule has 0 unspecified atom stereocenters. The molecule has 0 aliphatic carbocycles. The summed E-state index contributed by atoms with van der Waals surface area (Å²) in [7, 11) is 0. The molecule has 0 radical (unpaired) electrons. The van der Waals surface area contributed by atoms with E-state index in [1.807, 2.05) is 0 Å². The molecular weight excluding hydrogens is 155 g/mol. The van der Waals surface area contributed by atoms with Gasteiger partial charge in [0.15, 0.2) is 0 Å². The Morgan fingerprint density at radius 1 is 0.800 bits per heavy atom. The Kier molecular flexibility index (Phi) is 1.07. The molecular formula is O4Zr. The van der Waals surface area contributed by atoms with Crippen LogP contribution in [0.5, 0.6) is 0 Å². The van der Waals surface area contributed by atoms with Crippen LogP contribution in [0.15, 0.2) is 0 Å². The molecule has 5 heavy (non-hydrogen) atoms. The van der Waals surface area contributed by atoms with Gasteiger partial charge in [-0.1, -0.05) is 0 Å². The van der Waals surface area contributed by atoms with Gasteiger partial charge in [0.05, 0.1) is 0 Å². The van der Waals surface area contributed by atoms with Crippen LogP contribution in [0.1, 0.15) is 0 Å². The Hall–Kier alpha value is 0.0831. The zero-order chi connectivity index (χ0) is 4.50. The van der Waals surface area contributed by atoms with Gasteiger partial charge in [-0.05, 0) is 0 Å². The van der Waals surface area contributed by atoms with E-state index in [0.29, 0.717) is 0 Å². The van der Waals surface area contributed by atoms with E-state index >= 15 is 0 Å². The number of hydrogen-bond donors (Lipinski definition) is 0. The summed E-state index contributed by atoms with van der Waals surface area (Å²) < 4.78 is 34.6. The van der Waals surface area contributed by atoms with Crippen molar-refractivity contribution < 1.29 is 31.5 Å². The molecule has 0 heterocycles. The van der Waals surface area contributed by atoms with Gasteiger partial charge in [0.2, 0.25) is 0 Å². The summed E-state index contributed by atoms with van der Waals surface area (Å²) >= 11 is -6.18. The third-order valence-electron chi connectivity index (χ3n) is 0. The fraction of sp³-hybridized carbons (Fsp3) is 0. The molecule has 0 N–H and O–H groups in total. The summed E-state index contributed by atoms with van der Waals surface area (Å²) in [5, 5.41) is 0. The van der Waals surface area contributed by atoms with Crippen molar-refractivity contribution in [3.05, 3.63) is 0 Å². The summed E-state index contributed by atoms with van der Waals surface area (Å²) in [6.45, 7) is 0. The van der Waals surface area contributed by atoms with Crippen LogP contribution in [-0.4, -0.2) is 0 Å². The van der Waals surface area contributed by atoms with Gasteiger partial charge in [-0.25, -0.2) is 0 Å². The van der Waals surface area contributed by atoms with Crippen molar-refractivity contribution in [3.63, 3.8) is 0 Å². The molecule has 4 nitrogen and oxygen atoms in total. The van der Waals surface area contributed by atoms with Crippen LogP contribution in [0, 0.1) is 0 Å². The fourth-order valence-corrected chi connectivity index (χ4v) is 0. The molecule has 0 atom stereocenters. The maximum atomic E-state index is 8.65. The van der Waals surface area contributed by atoms with Crippen LogP contribution in [0.25, 0.3) is 0 Å². The van der Waals surface area contributed by atoms with E-state index in [4.69, 9.17) is 11.3 Å². The Labute approximate surface area is 32.0 Å². The van der Waals surface area contributed by atoms with E-state index in [2.05, 4.69) is 0 Å². The van der Waals surface area contributed by atoms with E-state index in [0.717, 1.165) is 0 Å². The van der Waals surface area contributed by atoms with Crippen LogP contribution in [0.3, 0.4) is 0 Å². The molecule has 5 heteroatoms. The average Bonchev–Trinajstić information content (AvgIpc) is 0.722. The molecule has 0 saturated carbocycles. The maximum absolute atomic E-state index is 8.65. The zero-order valence-corrected chi connectivity index (χ0v) is 4.59. The van der Waals surface area contributed by atoms with Crippen molar-refractivity contribution in [2.75, 3.05) is 0 Å². The third-order valence-corrected chi connectivity index (χ3v) is 0. The summed E-state index contributed by atoms with van der Waals surface area (Å²) in [6.07, 6.45) is 0. The molecule has 0 spiro atoms. The molecule has 0 aliphatic heterocycles. The minimum atomic E-state index is -6.18. The molecule has 0 fully saturated rings. The van der Waals surface area contributed by atoms with Crippen molar-refractivity contribution in [3.8, 4) is 0 Å². The summed E-state index contributed by atoms with van der Waals surface area (Å²) in [5.41, 5.74) is 0. The topological polar surface area (TPSA) is 68.3 Å². The van der Waals surface area contributed by atoms with E-state index in [9.17, 15) is 0 Å². The zero-order valence-electron chi connectivity index (χ0n) is 2.13. The molecule has 0 aliphatic rings. The second kappa shape index (κ2) is 1.05. The molecule has 0 amide bonds. The molecule has 0 rings (SSSR count). The Morgan fingerprint density at radius 3 is 0.800 bits per heavy atom. The monoisotopic (exact) mass is 154 g/mol. The number of hydrogen-bond acceptors (Lipinski definition) is 4. The SMILES string of the molecule is [O]=[Zr](=[O])(=[O])=[O]. The second-order valence-corrected chi connectivity index (χ2v) is 2.96. The van der Waals surface area contributed by atoms with E-state index in [1.54, 1.807) is 0 Å². The van der Waals surface area contributed by atoms with Crippen LogP contribution in [0.4, 0.5) is 0 Å². The predicted molar refractivity (Wildman–Crippen MR) is 2.75 cm³/mol. The first-order chi connectivity index (χ1) is 2.00. The van der Waals surface area contributed by atoms with Gasteiger partial charge in [0, 0.05) is 0 Å². The first-order valence-corrected chi connectivity index (χ1v) is 4.83. The van der Waals surface area contributed by atoms with Gasteiger partial charge in [-0.15, -0.1) is 0 Å². The molecule has 0 aromatic rings. The average molecular weight is 155 g/mol.